The van der Waals surface area contributed by atoms with Gasteiger partial charge in [-0.15, -0.1) is 9.89 Å². The van der Waals surface area contributed by atoms with Crippen LogP contribution >= 0.6 is 0 Å². The third-order valence-electron chi connectivity index (χ3n) is 4.51. The predicted octanol–water partition coefficient (Wildman–Crippen LogP) is 1.85. The van der Waals surface area contributed by atoms with E-state index in [9.17, 15) is 0 Å². The number of aliphatic imine (C=N–C) groups is 1. The van der Waals surface area contributed by atoms with Crippen LogP contribution in [0.5, 0.6) is 0 Å². The Morgan fingerprint density at radius 1 is 1.12 bits per heavy atom. The van der Waals surface area contributed by atoms with E-state index in [0.717, 1.165) is 28.6 Å². The second-order valence-corrected chi connectivity index (χ2v) is 7.22. The fourth-order valence-electron chi connectivity index (χ4n) is 3.17. The van der Waals surface area contributed by atoms with Crippen molar-refractivity contribution in [1.29, 1.82) is 0 Å². The van der Waals surface area contributed by atoms with Crippen molar-refractivity contribution >= 4 is 11.7 Å². The SMILES string of the molecule is CC(C)(C)c1cn(N2CN=C3c4ccccc4-n4cncc4N32)nn1. The Hall–Kier alpha value is -3.16. The summed E-state index contributed by atoms with van der Waals surface area (Å²) < 4.78 is 2.06. The van der Waals surface area contributed by atoms with E-state index < -0.39 is 0 Å². The number of amidine groups is 1. The van der Waals surface area contributed by atoms with E-state index in [1.807, 2.05) is 41.0 Å². The van der Waals surface area contributed by atoms with E-state index in [-0.39, 0.29) is 5.41 Å². The van der Waals surface area contributed by atoms with Crippen molar-refractivity contribution < 1.29 is 0 Å². The molecule has 0 amide bonds. The monoisotopic (exact) mass is 334 g/mol. The number of nitrogens with zero attached hydrogens (tertiary/aromatic N) is 8. The molecule has 5 rings (SSSR count). The summed E-state index contributed by atoms with van der Waals surface area (Å²) in [7, 11) is 0. The maximum atomic E-state index is 4.75. The van der Waals surface area contributed by atoms with Crippen LogP contribution < -0.4 is 10.1 Å². The molecule has 3 aromatic rings. The highest BCUT2D eigenvalue weighted by molar-refractivity contribution is 6.15. The van der Waals surface area contributed by atoms with Crippen LogP contribution in [0.3, 0.4) is 0 Å². The highest BCUT2D eigenvalue weighted by Gasteiger charge is 2.37. The van der Waals surface area contributed by atoms with Crippen molar-refractivity contribution in [1.82, 2.24) is 24.7 Å². The standard InChI is InChI=1S/C17H18N8/c1-17(2,3)14-9-23(21-20-14)24-11-19-16-12-6-4-5-7-13(12)22-10-18-8-15(22)25(16)24/h4-10H,11H2,1-3H3. The number of imidazole rings is 1. The van der Waals surface area contributed by atoms with Crippen LogP contribution in [-0.2, 0) is 5.41 Å². The fraction of sp³-hybridized carbons (Fsp3) is 0.294. The number of hydrogen-bond donors (Lipinski definition) is 0. The van der Waals surface area contributed by atoms with Crippen LogP contribution in [-0.4, -0.2) is 37.2 Å². The van der Waals surface area contributed by atoms with Crippen molar-refractivity contribution in [3.8, 4) is 5.69 Å². The lowest BCUT2D eigenvalue weighted by molar-refractivity contribution is 0.543. The summed E-state index contributed by atoms with van der Waals surface area (Å²) in [6.07, 6.45) is 5.62. The van der Waals surface area contributed by atoms with E-state index in [2.05, 4.69) is 52.8 Å². The molecule has 8 heteroatoms. The van der Waals surface area contributed by atoms with E-state index in [0.29, 0.717) is 6.67 Å². The van der Waals surface area contributed by atoms with E-state index in [1.165, 1.54) is 0 Å². The maximum absolute atomic E-state index is 4.75. The van der Waals surface area contributed by atoms with Gasteiger partial charge < -0.3 is 0 Å². The van der Waals surface area contributed by atoms with Gasteiger partial charge in [-0.1, -0.05) is 32.9 Å². The molecule has 0 fully saturated rings. The van der Waals surface area contributed by atoms with Gasteiger partial charge in [0.25, 0.3) is 0 Å². The topological polar surface area (TPSA) is 67.4 Å². The van der Waals surface area contributed by atoms with Gasteiger partial charge in [-0.2, -0.15) is 10.1 Å². The molecule has 2 aliphatic heterocycles. The molecule has 2 aliphatic rings. The maximum Gasteiger partial charge on any atom is 0.162 e. The highest BCUT2D eigenvalue weighted by atomic mass is 15.9. The van der Waals surface area contributed by atoms with Crippen LogP contribution in [0.25, 0.3) is 5.69 Å². The number of rotatable bonds is 1. The fourth-order valence-corrected chi connectivity index (χ4v) is 3.17. The van der Waals surface area contributed by atoms with Gasteiger partial charge in [-0.05, 0) is 17.3 Å². The summed E-state index contributed by atoms with van der Waals surface area (Å²) in [5, 5.41) is 12.6. The first-order chi connectivity index (χ1) is 12.0. The molecular formula is C17H18N8. The predicted molar refractivity (Wildman–Crippen MR) is 94.4 cm³/mol. The van der Waals surface area contributed by atoms with Crippen LogP contribution in [0, 0.1) is 0 Å². The number of hydrazine groups is 1. The van der Waals surface area contributed by atoms with E-state index in [1.54, 1.807) is 4.79 Å². The molecule has 0 spiro atoms. The average molecular weight is 334 g/mol. The minimum Gasteiger partial charge on any atom is -0.283 e. The number of para-hydroxylation sites is 1. The number of hydrogen-bond acceptors (Lipinski definition) is 6. The zero-order valence-corrected chi connectivity index (χ0v) is 14.3. The highest BCUT2D eigenvalue weighted by Crippen LogP contribution is 2.33. The van der Waals surface area contributed by atoms with Gasteiger partial charge in [0.2, 0.25) is 0 Å². The van der Waals surface area contributed by atoms with Crippen LogP contribution in [0.15, 0.2) is 48.0 Å². The second kappa shape index (κ2) is 4.69. The van der Waals surface area contributed by atoms with E-state index >= 15 is 0 Å². The Morgan fingerprint density at radius 2 is 1.96 bits per heavy atom. The van der Waals surface area contributed by atoms with Gasteiger partial charge in [0.1, 0.15) is 6.33 Å². The summed E-state index contributed by atoms with van der Waals surface area (Å²) in [5.41, 5.74) is 3.04. The van der Waals surface area contributed by atoms with Gasteiger partial charge in [0.05, 0.1) is 23.8 Å². The van der Waals surface area contributed by atoms with Gasteiger partial charge in [0.15, 0.2) is 18.3 Å². The third-order valence-corrected chi connectivity index (χ3v) is 4.51. The number of fused-ring (bicyclic) bond motifs is 6. The minimum atomic E-state index is -0.0576. The second-order valence-electron chi connectivity index (χ2n) is 7.22. The quantitative estimate of drug-likeness (QED) is 0.679. The first-order valence-corrected chi connectivity index (χ1v) is 8.21. The number of benzene rings is 1. The van der Waals surface area contributed by atoms with Crippen LogP contribution in [0.4, 0.5) is 5.82 Å². The lowest BCUT2D eigenvalue weighted by Gasteiger charge is -2.34. The summed E-state index contributed by atoms with van der Waals surface area (Å²) in [4.78, 5) is 10.8. The Kier molecular flexibility index (Phi) is 2.66. The molecule has 2 aromatic heterocycles. The summed E-state index contributed by atoms with van der Waals surface area (Å²) in [6, 6.07) is 8.21. The molecule has 0 bridgehead atoms. The molecule has 0 radical (unpaired) electrons. The first-order valence-electron chi connectivity index (χ1n) is 8.21. The van der Waals surface area contributed by atoms with Crippen LogP contribution in [0.2, 0.25) is 0 Å². The number of aromatic nitrogens is 5. The van der Waals surface area contributed by atoms with Crippen molar-refractivity contribution in [2.24, 2.45) is 4.99 Å². The smallest absolute Gasteiger partial charge is 0.162 e. The Morgan fingerprint density at radius 3 is 2.76 bits per heavy atom. The molecule has 0 saturated heterocycles. The van der Waals surface area contributed by atoms with Gasteiger partial charge >= 0.3 is 0 Å². The van der Waals surface area contributed by atoms with Gasteiger partial charge in [-0.3, -0.25) is 4.57 Å². The lowest BCUT2D eigenvalue weighted by Crippen LogP contribution is -2.51. The lowest BCUT2D eigenvalue weighted by atomic mass is 9.93. The molecule has 0 atom stereocenters. The van der Waals surface area contributed by atoms with Crippen molar-refractivity contribution in [3.63, 3.8) is 0 Å². The first kappa shape index (κ1) is 14.2. The molecule has 0 saturated carbocycles. The largest absolute Gasteiger partial charge is 0.283 e. The molecule has 0 N–H and O–H groups in total. The van der Waals surface area contributed by atoms with Gasteiger partial charge in [-0.25, -0.2) is 9.98 Å². The normalized spacial score (nSPS) is 15.7. The zero-order valence-electron chi connectivity index (χ0n) is 14.3. The molecule has 0 aliphatic carbocycles. The Labute approximate surface area is 145 Å². The van der Waals surface area contributed by atoms with Gasteiger partial charge in [0, 0.05) is 11.0 Å². The van der Waals surface area contributed by atoms with Crippen LogP contribution in [0.1, 0.15) is 32.0 Å². The Bertz CT molecular complexity index is 990. The molecule has 8 nitrogen and oxygen atoms in total. The third kappa shape index (κ3) is 1.93. The molecule has 0 unspecified atom stereocenters. The molecule has 25 heavy (non-hydrogen) atoms. The Balaban J connectivity index is 1.62. The summed E-state index contributed by atoms with van der Waals surface area (Å²) in [6.45, 7) is 6.85. The van der Waals surface area contributed by atoms with Crippen molar-refractivity contribution in [2.75, 3.05) is 16.8 Å². The van der Waals surface area contributed by atoms with E-state index in [4.69, 9.17) is 4.99 Å². The molecule has 1 aromatic carbocycles. The van der Waals surface area contributed by atoms with Crippen molar-refractivity contribution in [3.05, 3.63) is 54.2 Å². The van der Waals surface area contributed by atoms with Crippen molar-refractivity contribution in [2.45, 2.75) is 26.2 Å². The molecular weight excluding hydrogens is 316 g/mol. The minimum absolute atomic E-state index is 0.0576. The summed E-state index contributed by atoms with van der Waals surface area (Å²) >= 11 is 0. The zero-order chi connectivity index (χ0) is 17.2. The molecule has 126 valence electrons. The summed E-state index contributed by atoms with van der Waals surface area (Å²) in [5.74, 6) is 1.83. The molecule has 4 heterocycles. The average Bonchev–Trinajstić information content (AvgIpc) is 3.31. The number of anilines is 1.